The van der Waals surface area contributed by atoms with E-state index in [2.05, 4.69) is 14.7 Å². The molecular weight excluding hydrogens is 364 g/mol. The molecule has 0 atom stereocenters. The highest BCUT2D eigenvalue weighted by molar-refractivity contribution is 7.89. The maximum atomic E-state index is 12.4. The van der Waals surface area contributed by atoms with Crippen molar-refractivity contribution in [1.29, 1.82) is 0 Å². The van der Waals surface area contributed by atoms with Crippen LogP contribution in [0.15, 0.2) is 47.5 Å². The molecule has 0 aliphatic carbocycles. The molecule has 0 spiro atoms. The third-order valence-electron chi connectivity index (χ3n) is 3.65. The van der Waals surface area contributed by atoms with Gasteiger partial charge >= 0.3 is 0 Å². The predicted molar refractivity (Wildman–Crippen MR) is 94.9 cm³/mol. The van der Waals surface area contributed by atoms with Gasteiger partial charge in [-0.2, -0.15) is 0 Å². The Balaban J connectivity index is 1.86. The summed E-state index contributed by atoms with van der Waals surface area (Å²) in [5, 5.41) is 0.478. The highest BCUT2D eigenvalue weighted by atomic mass is 35.5. The Labute approximate surface area is 150 Å². The van der Waals surface area contributed by atoms with Crippen molar-refractivity contribution in [1.82, 2.24) is 19.3 Å². The number of hydrogen-bond donors (Lipinski definition) is 1. The average molecular weight is 381 g/mol. The smallest absolute Gasteiger partial charge is 0.240 e. The summed E-state index contributed by atoms with van der Waals surface area (Å²) in [4.78, 5) is 8.94. The highest BCUT2D eigenvalue weighted by Gasteiger charge is 2.17. The minimum atomic E-state index is -3.66. The Hall–Kier alpha value is -2.00. The number of sulfonamides is 1. The van der Waals surface area contributed by atoms with E-state index in [0.29, 0.717) is 35.2 Å². The molecule has 3 rings (SSSR count). The molecular formula is C16H17ClN4O3S. The molecule has 0 radical (unpaired) electrons. The van der Waals surface area contributed by atoms with Gasteiger partial charge in [-0.25, -0.2) is 23.1 Å². The molecule has 0 amide bonds. The number of fused-ring (bicyclic) bond motifs is 1. The van der Waals surface area contributed by atoms with Crippen molar-refractivity contribution >= 4 is 32.8 Å². The van der Waals surface area contributed by atoms with E-state index in [1.165, 1.54) is 24.3 Å². The summed E-state index contributed by atoms with van der Waals surface area (Å²) >= 11 is 5.80. The lowest BCUT2D eigenvalue weighted by molar-refractivity contribution is 0.187. The number of pyridine rings is 1. The number of rotatable bonds is 7. The van der Waals surface area contributed by atoms with Crippen LogP contribution in [0.1, 0.15) is 5.82 Å². The number of halogens is 1. The van der Waals surface area contributed by atoms with Gasteiger partial charge in [-0.15, -0.1) is 0 Å². The van der Waals surface area contributed by atoms with Gasteiger partial charge in [-0.3, -0.25) is 0 Å². The molecule has 7 nitrogen and oxygen atoms in total. The van der Waals surface area contributed by atoms with Gasteiger partial charge in [0, 0.05) is 24.9 Å². The van der Waals surface area contributed by atoms with E-state index in [1.807, 2.05) is 10.6 Å². The van der Waals surface area contributed by atoms with Gasteiger partial charge in [-0.05, 0) is 36.4 Å². The lowest BCUT2D eigenvalue weighted by Gasteiger charge is -2.10. The number of hydrogen-bond acceptors (Lipinski definition) is 5. The van der Waals surface area contributed by atoms with Crippen LogP contribution in [-0.2, 0) is 27.8 Å². The molecule has 132 valence electrons. The minimum Gasteiger partial charge on any atom is -0.383 e. The summed E-state index contributed by atoms with van der Waals surface area (Å²) in [7, 11) is -2.06. The SMILES string of the molecule is COCCn1c(CNS(=O)(=O)c2ccc(Cl)cc2)nc2cccnc21. The first-order valence-electron chi connectivity index (χ1n) is 7.55. The summed E-state index contributed by atoms with van der Waals surface area (Å²) in [5.74, 6) is 0.572. The number of nitrogens with zero attached hydrogens (tertiary/aromatic N) is 3. The van der Waals surface area contributed by atoms with Crippen LogP contribution in [0, 0.1) is 0 Å². The fourth-order valence-corrected chi connectivity index (χ4v) is 3.52. The lowest BCUT2D eigenvalue weighted by atomic mass is 10.4. The van der Waals surface area contributed by atoms with Gasteiger partial charge < -0.3 is 9.30 Å². The van der Waals surface area contributed by atoms with E-state index in [9.17, 15) is 8.42 Å². The van der Waals surface area contributed by atoms with E-state index >= 15 is 0 Å². The molecule has 0 unspecified atom stereocenters. The topological polar surface area (TPSA) is 86.1 Å². The predicted octanol–water partition coefficient (Wildman–Crippen LogP) is 2.21. The molecule has 25 heavy (non-hydrogen) atoms. The fourth-order valence-electron chi connectivity index (χ4n) is 2.41. The molecule has 3 aromatic rings. The van der Waals surface area contributed by atoms with Crippen LogP contribution in [-0.4, -0.2) is 36.7 Å². The Bertz CT molecular complexity index is 971. The summed E-state index contributed by atoms with van der Waals surface area (Å²) in [6.45, 7) is 1.05. The van der Waals surface area contributed by atoms with Crippen molar-refractivity contribution < 1.29 is 13.2 Å². The standard InChI is InChI=1S/C16H17ClN4O3S/c1-24-10-9-21-15(20-14-3-2-8-18-16(14)21)11-19-25(22,23)13-6-4-12(17)5-7-13/h2-8,19H,9-11H2,1H3. The van der Waals surface area contributed by atoms with Gasteiger partial charge in [0.05, 0.1) is 18.0 Å². The average Bonchev–Trinajstić information content (AvgIpc) is 2.96. The van der Waals surface area contributed by atoms with E-state index < -0.39 is 10.0 Å². The highest BCUT2D eigenvalue weighted by Crippen LogP contribution is 2.16. The first kappa shape index (κ1) is 17.8. The largest absolute Gasteiger partial charge is 0.383 e. The minimum absolute atomic E-state index is 0.0467. The lowest BCUT2D eigenvalue weighted by Crippen LogP contribution is -2.25. The maximum Gasteiger partial charge on any atom is 0.240 e. The summed E-state index contributed by atoms with van der Waals surface area (Å²) in [6.07, 6.45) is 1.68. The Kier molecular flexibility index (Phi) is 5.33. The Morgan fingerprint density at radius 3 is 2.72 bits per heavy atom. The molecule has 0 bridgehead atoms. The second kappa shape index (κ2) is 7.49. The number of nitrogens with one attached hydrogen (secondary N) is 1. The molecule has 0 aliphatic rings. The van der Waals surface area contributed by atoms with Crippen molar-refractivity contribution in [3.63, 3.8) is 0 Å². The van der Waals surface area contributed by atoms with Crippen LogP contribution in [0.25, 0.3) is 11.2 Å². The molecule has 0 saturated heterocycles. The first-order valence-corrected chi connectivity index (χ1v) is 9.41. The van der Waals surface area contributed by atoms with Crippen molar-refractivity contribution in [2.75, 3.05) is 13.7 Å². The van der Waals surface area contributed by atoms with Crippen molar-refractivity contribution in [3.05, 3.63) is 53.4 Å². The second-order valence-electron chi connectivity index (χ2n) is 5.30. The van der Waals surface area contributed by atoms with Gasteiger partial charge in [0.15, 0.2) is 5.65 Å². The Morgan fingerprint density at radius 1 is 1.24 bits per heavy atom. The van der Waals surface area contributed by atoms with E-state index in [1.54, 1.807) is 19.4 Å². The van der Waals surface area contributed by atoms with Crippen LogP contribution in [0.5, 0.6) is 0 Å². The van der Waals surface area contributed by atoms with Crippen molar-refractivity contribution in [2.45, 2.75) is 18.0 Å². The zero-order valence-electron chi connectivity index (χ0n) is 13.5. The van der Waals surface area contributed by atoms with E-state index in [4.69, 9.17) is 16.3 Å². The van der Waals surface area contributed by atoms with Gasteiger partial charge in [0.2, 0.25) is 10.0 Å². The zero-order valence-corrected chi connectivity index (χ0v) is 15.1. The van der Waals surface area contributed by atoms with Crippen LogP contribution < -0.4 is 4.72 Å². The van der Waals surface area contributed by atoms with E-state index in [-0.39, 0.29) is 11.4 Å². The number of benzene rings is 1. The van der Waals surface area contributed by atoms with Crippen molar-refractivity contribution in [3.8, 4) is 0 Å². The molecule has 0 fully saturated rings. The van der Waals surface area contributed by atoms with Crippen LogP contribution in [0.2, 0.25) is 5.02 Å². The van der Waals surface area contributed by atoms with Gasteiger partial charge in [-0.1, -0.05) is 11.6 Å². The Morgan fingerprint density at radius 2 is 2.00 bits per heavy atom. The molecule has 1 N–H and O–H groups in total. The summed E-state index contributed by atoms with van der Waals surface area (Å²) < 4.78 is 34.4. The zero-order chi connectivity index (χ0) is 17.9. The molecule has 1 aromatic carbocycles. The van der Waals surface area contributed by atoms with E-state index in [0.717, 1.165) is 0 Å². The van der Waals surface area contributed by atoms with Crippen LogP contribution >= 0.6 is 11.6 Å². The van der Waals surface area contributed by atoms with Gasteiger partial charge in [0.25, 0.3) is 0 Å². The molecule has 0 saturated carbocycles. The quantitative estimate of drug-likeness (QED) is 0.679. The fraction of sp³-hybridized carbons (Fsp3) is 0.250. The summed E-state index contributed by atoms with van der Waals surface area (Å²) in [6, 6.07) is 9.61. The third kappa shape index (κ3) is 3.98. The molecule has 9 heteroatoms. The number of aromatic nitrogens is 3. The van der Waals surface area contributed by atoms with Gasteiger partial charge in [0.1, 0.15) is 11.3 Å². The molecule has 2 heterocycles. The number of imidazole rings is 1. The molecule has 0 aliphatic heterocycles. The van der Waals surface area contributed by atoms with Crippen LogP contribution in [0.3, 0.4) is 0 Å². The monoisotopic (exact) mass is 380 g/mol. The number of ether oxygens (including phenoxy) is 1. The van der Waals surface area contributed by atoms with Crippen LogP contribution in [0.4, 0.5) is 0 Å². The third-order valence-corrected chi connectivity index (χ3v) is 5.32. The maximum absolute atomic E-state index is 12.4. The molecule has 2 aromatic heterocycles. The second-order valence-corrected chi connectivity index (χ2v) is 7.50. The number of methoxy groups -OCH3 is 1. The normalized spacial score (nSPS) is 11.9. The summed E-state index contributed by atoms with van der Waals surface area (Å²) in [5.41, 5.74) is 1.40. The van der Waals surface area contributed by atoms with Crippen molar-refractivity contribution in [2.24, 2.45) is 0 Å². The first-order chi connectivity index (χ1) is 12.0.